The van der Waals surface area contributed by atoms with Gasteiger partial charge in [0.15, 0.2) is 5.82 Å². The van der Waals surface area contributed by atoms with Crippen molar-refractivity contribution in [2.45, 2.75) is 4.90 Å². The monoisotopic (exact) mass is 534 g/mol. The summed E-state index contributed by atoms with van der Waals surface area (Å²) in [7, 11) is -2.51. The number of hydrogen-bond donors (Lipinski definition) is 1. The summed E-state index contributed by atoms with van der Waals surface area (Å²) < 4.78 is 52.1. The van der Waals surface area contributed by atoms with Crippen LogP contribution in [0.25, 0.3) is 33.2 Å². The van der Waals surface area contributed by atoms with Gasteiger partial charge in [-0.1, -0.05) is 35.0 Å². The van der Waals surface area contributed by atoms with E-state index in [1.807, 2.05) is 6.07 Å². The fraction of sp³-hybridized carbons (Fsp3) is 0.0385. The fourth-order valence-corrected chi connectivity index (χ4v) is 5.21. The molecule has 0 saturated carbocycles. The molecule has 0 aliphatic carbocycles. The SMILES string of the molecule is COc1cc(-c2cccc(F)c2)c(Cl)cc1-c1nc(C#N)cc2cc(S(=O)(=O)Nc3ccon3)ccc12. The number of aromatic nitrogens is 2. The quantitative estimate of drug-likeness (QED) is 0.282. The molecule has 0 radical (unpaired) electrons. The summed E-state index contributed by atoms with van der Waals surface area (Å²) >= 11 is 6.60. The van der Waals surface area contributed by atoms with Crippen molar-refractivity contribution in [1.82, 2.24) is 10.1 Å². The van der Waals surface area contributed by atoms with E-state index in [0.717, 1.165) is 0 Å². The van der Waals surface area contributed by atoms with Crippen LogP contribution < -0.4 is 9.46 Å². The summed E-state index contributed by atoms with van der Waals surface area (Å²) in [6.45, 7) is 0. The van der Waals surface area contributed by atoms with E-state index in [1.54, 1.807) is 30.3 Å². The van der Waals surface area contributed by atoms with Crippen LogP contribution >= 0.6 is 11.6 Å². The third kappa shape index (κ3) is 4.70. The fourth-order valence-electron chi connectivity index (χ4n) is 3.91. The molecule has 0 fully saturated rings. The number of pyridine rings is 1. The standard InChI is InChI=1S/C26H16ClFN4O4S/c1-35-24-13-21(15-3-2-4-17(28)9-15)23(27)12-22(24)26-20-6-5-19(11-16(20)10-18(14-29)30-26)37(33,34)32-25-7-8-36-31-25/h2-13H,1H3,(H,31,32). The summed E-state index contributed by atoms with van der Waals surface area (Å²) in [4.78, 5) is 4.42. The van der Waals surface area contributed by atoms with Crippen LogP contribution in [0.15, 0.2) is 82.4 Å². The lowest BCUT2D eigenvalue weighted by molar-refractivity contribution is 0.416. The molecule has 2 heterocycles. The van der Waals surface area contributed by atoms with E-state index < -0.39 is 15.8 Å². The van der Waals surface area contributed by atoms with Crippen LogP contribution in [-0.2, 0) is 10.0 Å². The molecule has 5 rings (SSSR count). The first kappa shape index (κ1) is 24.2. The van der Waals surface area contributed by atoms with Crippen molar-refractivity contribution in [3.8, 4) is 34.2 Å². The van der Waals surface area contributed by atoms with Gasteiger partial charge in [0, 0.05) is 27.6 Å². The first-order valence-electron chi connectivity index (χ1n) is 10.7. The summed E-state index contributed by atoms with van der Waals surface area (Å²) in [5.74, 6) is 0.0118. The number of methoxy groups -OCH3 is 1. The van der Waals surface area contributed by atoms with Gasteiger partial charge >= 0.3 is 0 Å². The maximum Gasteiger partial charge on any atom is 0.263 e. The van der Waals surface area contributed by atoms with E-state index in [4.69, 9.17) is 16.3 Å². The molecule has 0 bridgehead atoms. The van der Waals surface area contributed by atoms with Crippen LogP contribution in [0.3, 0.4) is 0 Å². The molecule has 0 amide bonds. The van der Waals surface area contributed by atoms with Crippen molar-refractivity contribution in [2.75, 3.05) is 11.8 Å². The van der Waals surface area contributed by atoms with Crippen LogP contribution in [-0.4, -0.2) is 25.7 Å². The van der Waals surface area contributed by atoms with Gasteiger partial charge in [-0.3, -0.25) is 4.72 Å². The molecule has 1 N–H and O–H groups in total. The number of fused-ring (bicyclic) bond motifs is 1. The lowest BCUT2D eigenvalue weighted by Crippen LogP contribution is -2.13. The average Bonchev–Trinajstić information content (AvgIpc) is 3.39. The molecule has 3 aromatic carbocycles. The Balaban J connectivity index is 1.67. The number of rotatable bonds is 6. The van der Waals surface area contributed by atoms with Crippen LogP contribution in [0.5, 0.6) is 5.75 Å². The second kappa shape index (κ2) is 9.54. The molecule has 0 spiro atoms. The number of benzene rings is 3. The Morgan fingerprint density at radius 2 is 1.92 bits per heavy atom. The van der Waals surface area contributed by atoms with Gasteiger partial charge in [0.25, 0.3) is 10.0 Å². The predicted molar refractivity (Wildman–Crippen MR) is 136 cm³/mol. The number of hydrogen-bond acceptors (Lipinski definition) is 7. The number of nitriles is 1. The molecule has 0 saturated heterocycles. The zero-order valence-corrected chi connectivity index (χ0v) is 20.6. The van der Waals surface area contributed by atoms with Crippen LogP contribution in [0.1, 0.15) is 5.69 Å². The van der Waals surface area contributed by atoms with Gasteiger partial charge in [0.1, 0.15) is 29.6 Å². The summed E-state index contributed by atoms with van der Waals surface area (Å²) in [6.07, 6.45) is 1.24. The second-order valence-electron chi connectivity index (χ2n) is 7.88. The van der Waals surface area contributed by atoms with Gasteiger partial charge in [-0.25, -0.2) is 17.8 Å². The minimum atomic E-state index is -3.98. The zero-order chi connectivity index (χ0) is 26.2. The molecule has 0 atom stereocenters. The largest absolute Gasteiger partial charge is 0.496 e. The molecular formula is C26H16ClFN4O4S. The van der Waals surface area contributed by atoms with Gasteiger partial charge < -0.3 is 9.26 Å². The molecule has 37 heavy (non-hydrogen) atoms. The third-order valence-corrected chi connectivity index (χ3v) is 7.25. The maximum absolute atomic E-state index is 13.8. The Morgan fingerprint density at radius 3 is 2.62 bits per heavy atom. The highest BCUT2D eigenvalue weighted by Crippen LogP contribution is 2.41. The molecule has 0 aliphatic rings. The van der Waals surface area contributed by atoms with Crippen molar-refractivity contribution >= 4 is 38.2 Å². The normalized spacial score (nSPS) is 11.3. The summed E-state index contributed by atoms with van der Waals surface area (Å²) in [5.41, 5.74) is 2.02. The molecule has 2 aromatic heterocycles. The van der Waals surface area contributed by atoms with Crippen molar-refractivity contribution in [2.24, 2.45) is 0 Å². The van der Waals surface area contributed by atoms with Gasteiger partial charge in [0.05, 0.1) is 17.7 Å². The predicted octanol–water partition coefficient (Wildman–Crippen LogP) is 6.03. The second-order valence-corrected chi connectivity index (χ2v) is 9.97. The van der Waals surface area contributed by atoms with Gasteiger partial charge in [-0.2, -0.15) is 5.26 Å². The summed E-state index contributed by atoms with van der Waals surface area (Å²) in [5, 5.41) is 14.5. The topological polar surface area (TPSA) is 118 Å². The van der Waals surface area contributed by atoms with Crippen LogP contribution in [0.2, 0.25) is 5.02 Å². The third-order valence-electron chi connectivity index (χ3n) is 5.58. The molecule has 184 valence electrons. The van der Waals surface area contributed by atoms with Crippen LogP contribution in [0, 0.1) is 17.1 Å². The van der Waals surface area contributed by atoms with E-state index >= 15 is 0 Å². The molecular weight excluding hydrogens is 519 g/mol. The van der Waals surface area contributed by atoms with E-state index in [0.29, 0.717) is 43.9 Å². The van der Waals surface area contributed by atoms with Crippen molar-refractivity contribution in [3.63, 3.8) is 0 Å². The van der Waals surface area contributed by atoms with Crippen molar-refractivity contribution in [1.29, 1.82) is 5.26 Å². The Hall–Kier alpha value is -4.46. The van der Waals surface area contributed by atoms with Crippen molar-refractivity contribution in [3.05, 3.63) is 89.5 Å². The Kier molecular flexibility index (Phi) is 6.25. The smallest absolute Gasteiger partial charge is 0.263 e. The molecule has 5 aromatic rings. The number of anilines is 1. The highest BCUT2D eigenvalue weighted by atomic mass is 35.5. The molecule has 0 unspecified atom stereocenters. The van der Waals surface area contributed by atoms with Gasteiger partial charge in [-0.15, -0.1) is 0 Å². The van der Waals surface area contributed by atoms with E-state index in [1.165, 1.54) is 49.8 Å². The number of nitrogens with zero attached hydrogens (tertiary/aromatic N) is 3. The number of nitrogens with one attached hydrogen (secondary N) is 1. The number of sulfonamides is 1. The highest BCUT2D eigenvalue weighted by Gasteiger charge is 2.20. The molecule has 8 nitrogen and oxygen atoms in total. The Bertz CT molecular complexity index is 1800. The minimum Gasteiger partial charge on any atom is -0.496 e. The average molecular weight is 535 g/mol. The summed E-state index contributed by atoms with van der Waals surface area (Å²) in [6, 6.07) is 18.6. The minimum absolute atomic E-state index is 0.0333. The van der Waals surface area contributed by atoms with E-state index in [2.05, 4.69) is 19.4 Å². The number of halogens is 2. The zero-order valence-electron chi connectivity index (χ0n) is 19.1. The Morgan fingerprint density at radius 1 is 1.08 bits per heavy atom. The number of ether oxygens (including phenoxy) is 1. The molecule has 11 heteroatoms. The van der Waals surface area contributed by atoms with Crippen LogP contribution in [0.4, 0.5) is 10.2 Å². The molecule has 0 aliphatic heterocycles. The Labute approximate surface area is 215 Å². The highest BCUT2D eigenvalue weighted by molar-refractivity contribution is 7.92. The van der Waals surface area contributed by atoms with E-state index in [-0.39, 0.29) is 16.4 Å². The van der Waals surface area contributed by atoms with Gasteiger partial charge in [0.2, 0.25) is 0 Å². The lowest BCUT2D eigenvalue weighted by atomic mass is 9.98. The van der Waals surface area contributed by atoms with Gasteiger partial charge in [-0.05, 0) is 53.4 Å². The lowest BCUT2D eigenvalue weighted by Gasteiger charge is -2.15. The first-order valence-corrected chi connectivity index (χ1v) is 12.6. The first-order chi connectivity index (χ1) is 17.8. The van der Waals surface area contributed by atoms with E-state index in [9.17, 15) is 18.1 Å². The van der Waals surface area contributed by atoms with Crippen molar-refractivity contribution < 1.29 is 22.1 Å². The maximum atomic E-state index is 13.8.